The van der Waals surface area contributed by atoms with Gasteiger partial charge in [0.2, 0.25) is 5.91 Å². The molecule has 2 fully saturated rings. The molecule has 1 amide bonds. The van der Waals surface area contributed by atoms with Crippen molar-refractivity contribution in [2.75, 3.05) is 19.6 Å². The minimum atomic E-state index is -0.302. The van der Waals surface area contributed by atoms with Crippen LogP contribution in [-0.4, -0.2) is 30.4 Å². The van der Waals surface area contributed by atoms with Crippen LogP contribution in [0.1, 0.15) is 52.4 Å². The molecule has 0 aliphatic heterocycles. The summed E-state index contributed by atoms with van der Waals surface area (Å²) < 4.78 is 0. The van der Waals surface area contributed by atoms with Gasteiger partial charge in [0.25, 0.3) is 0 Å². The predicted molar refractivity (Wildman–Crippen MR) is 74.1 cm³/mol. The molecule has 2 saturated carbocycles. The summed E-state index contributed by atoms with van der Waals surface area (Å²) in [7, 11) is 0. The van der Waals surface area contributed by atoms with Gasteiger partial charge >= 0.3 is 0 Å². The first-order valence-corrected chi connectivity index (χ1v) is 7.64. The zero-order valence-corrected chi connectivity index (χ0v) is 12.0. The number of carbonyl (C=O) groups is 1. The number of carbonyl (C=O) groups excluding carboxylic acids is 1. The first kappa shape index (κ1) is 13.9. The predicted octanol–water partition coefficient (Wildman–Crippen LogP) is 2.40. The van der Waals surface area contributed by atoms with Crippen molar-refractivity contribution in [2.24, 2.45) is 23.0 Å². The first-order valence-electron chi connectivity index (χ1n) is 7.64. The topological polar surface area (TPSA) is 46.3 Å². The van der Waals surface area contributed by atoms with Crippen LogP contribution in [-0.2, 0) is 4.79 Å². The van der Waals surface area contributed by atoms with Gasteiger partial charge in [-0.2, -0.15) is 0 Å². The Morgan fingerprint density at radius 3 is 1.83 bits per heavy atom. The van der Waals surface area contributed by atoms with Crippen molar-refractivity contribution in [1.29, 1.82) is 0 Å². The standard InChI is InChI=1S/C15H28N2O/c1-3-15(4-2,11-16)14(18)17(9-12-5-6-12)10-13-7-8-13/h12-13H,3-11,16H2,1-2H3. The summed E-state index contributed by atoms with van der Waals surface area (Å²) in [6.07, 6.45) is 6.96. The van der Waals surface area contributed by atoms with Crippen LogP contribution in [0.25, 0.3) is 0 Å². The van der Waals surface area contributed by atoms with Gasteiger partial charge in [0.05, 0.1) is 5.41 Å². The Morgan fingerprint density at radius 1 is 1.11 bits per heavy atom. The summed E-state index contributed by atoms with van der Waals surface area (Å²) in [6, 6.07) is 0. The lowest BCUT2D eigenvalue weighted by molar-refractivity contribution is -0.142. The summed E-state index contributed by atoms with van der Waals surface area (Å²) in [5, 5.41) is 0. The van der Waals surface area contributed by atoms with Crippen molar-refractivity contribution in [3.05, 3.63) is 0 Å². The average Bonchev–Trinajstić information content (AvgIpc) is 3.26. The van der Waals surface area contributed by atoms with E-state index in [9.17, 15) is 4.79 Å². The Balaban J connectivity index is 2.03. The number of rotatable bonds is 8. The van der Waals surface area contributed by atoms with E-state index in [-0.39, 0.29) is 5.41 Å². The van der Waals surface area contributed by atoms with E-state index in [1.165, 1.54) is 25.7 Å². The Bertz CT molecular complexity index is 269. The van der Waals surface area contributed by atoms with Gasteiger partial charge in [-0.3, -0.25) is 4.79 Å². The highest BCUT2D eigenvalue weighted by atomic mass is 16.2. The monoisotopic (exact) mass is 252 g/mol. The smallest absolute Gasteiger partial charge is 0.230 e. The van der Waals surface area contributed by atoms with Crippen LogP contribution in [0.15, 0.2) is 0 Å². The summed E-state index contributed by atoms with van der Waals surface area (Å²) in [4.78, 5) is 15.0. The van der Waals surface area contributed by atoms with E-state index in [1.54, 1.807) is 0 Å². The fraction of sp³-hybridized carbons (Fsp3) is 0.933. The molecule has 0 spiro atoms. The normalized spacial score (nSPS) is 19.9. The lowest BCUT2D eigenvalue weighted by Gasteiger charge is -2.35. The minimum Gasteiger partial charge on any atom is -0.342 e. The van der Waals surface area contributed by atoms with Crippen molar-refractivity contribution < 1.29 is 4.79 Å². The molecule has 0 radical (unpaired) electrons. The third-order valence-electron chi connectivity index (χ3n) is 4.84. The van der Waals surface area contributed by atoms with Crippen LogP contribution in [0, 0.1) is 17.3 Å². The van der Waals surface area contributed by atoms with Gasteiger partial charge in [-0.25, -0.2) is 0 Å². The zero-order valence-electron chi connectivity index (χ0n) is 12.0. The van der Waals surface area contributed by atoms with Crippen LogP contribution in [0.4, 0.5) is 0 Å². The second-order valence-corrected chi connectivity index (χ2v) is 6.29. The summed E-state index contributed by atoms with van der Waals surface area (Å²) in [5.74, 6) is 1.88. The summed E-state index contributed by atoms with van der Waals surface area (Å²) in [6.45, 7) is 6.65. The molecule has 0 aromatic heterocycles. The Hall–Kier alpha value is -0.570. The molecule has 0 aromatic rings. The Labute approximate surface area is 111 Å². The molecule has 18 heavy (non-hydrogen) atoms. The molecular weight excluding hydrogens is 224 g/mol. The largest absolute Gasteiger partial charge is 0.342 e. The number of nitrogens with zero attached hydrogens (tertiary/aromatic N) is 1. The van der Waals surface area contributed by atoms with Crippen molar-refractivity contribution in [1.82, 2.24) is 4.90 Å². The Kier molecular flexibility index (Phi) is 4.31. The molecule has 2 aliphatic carbocycles. The summed E-state index contributed by atoms with van der Waals surface area (Å²) >= 11 is 0. The molecule has 0 bridgehead atoms. The molecule has 0 heterocycles. The third kappa shape index (κ3) is 3.05. The van der Waals surface area contributed by atoms with Gasteiger partial charge in [0.15, 0.2) is 0 Å². The van der Waals surface area contributed by atoms with Crippen LogP contribution >= 0.6 is 0 Å². The first-order chi connectivity index (χ1) is 8.65. The number of hydrogen-bond acceptors (Lipinski definition) is 2. The average molecular weight is 252 g/mol. The molecule has 0 atom stereocenters. The van der Waals surface area contributed by atoms with Crippen molar-refractivity contribution in [2.45, 2.75) is 52.4 Å². The summed E-state index contributed by atoms with van der Waals surface area (Å²) in [5.41, 5.74) is 5.61. The van der Waals surface area contributed by atoms with Crippen LogP contribution in [0.3, 0.4) is 0 Å². The highest BCUT2D eigenvalue weighted by molar-refractivity contribution is 5.83. The van der Waals surface area contributed by atoms with Gasteiger partial charge in [0.1, 0.15) is 0 Å². The van der Waals surface area contributed by atoms with Gasteiger partial charge < -0.3 is 10.6 Å². The quantitative estimate of drug-likeness (QED) is 0.721. The molecule has 2 aliphatic rings. The molecular formula is C15H28N2O. The Morgan fingerprint density at radius 2 is 1.56 bits per heavy atom. The maximum atomic E-state index is 12.8. The highest BCUT2D eigenvalue weighted by Crippen LogP contribution is 2.36. The lowest BCUT2D eigenvalue weighted by Crippen LogP contribution is -2.48. The SMILES string of the molecule is CCC(CC)(CN)C(=O)N(CC1CC1)CC1CC1. The molecule has 104 valence electrons. The van der Waals surface area contributed by atoms with Crippen LogP contribution in [0.2, 0.25) is 0 Å². The molecule has 0 saturated heterocycles. The van der Waals surface area contributed by atoms with E-state index in [0.717, 1.165) is 37.8 Å². The fourth-order valence-electron chi connectivity index (χ4n) is 2.73. The lowest BCUT2D eigenvalue weighted by atomic mass is 9.80. The van der Waals surface area contributed by atoms with E-state index >= 15 is 0 Å². The van der Waals surface area contributed by atoms with Gasteiger partial charge in [0, 0.05) is 19.6 Å². The maximum absolute atomic E-state index is 12.8. The molecule has 2 rings (SSSR count). The van der Waals surface area contributed by atoms with E-state index in [0.29, 0.717) is 12.5 Å². The number of amides is 1. The third-order valence-corrected chi connectivity index (χ3v) is 4.84. The minimum absolute atomic E-state index is 0.302. The molecule has 3 nitrogen and oxygen atoms in total. The highest BCUT2D eigenvalue weighted by Gasteiger charge is 2.40. The maximum Gasteiger partial charge on any atom is 0.230 e. The second-order valence-electron chi connectivity index (χ2n) is 6.29. The fourth-order valence-corrected chi connectivity index (χ4v) is 2.73. The molecule has 2 N–H and O–H groups in total. The molecule has 3 heteroatoms. The molecule has 0 aromatic carbocycles. The number of nitrogens with two attached hydrogens (primary N) is 1. The van der Waals surface area contributed by atoms with E-state index in [2.05, 4.69) is 18.7 Å². The number of hydrogen-bond donors (Lipinski definition) is 1. The van der Waals surface area contributed by atoms with Gasteiger partial charge in [-0.1, -0.05) is 13.8 Å². The van der Waals surface area contributed by atoms with Crippen molar-refractivity contribution in [3.63, 3.8) is 0 Å². The van der Waals surface area contributed by atoms with Gasteiger partial charge in [-0.05, 0) is 50.4 Å². The van der Waals surface area contributed by atoms with Crippen LogP contribution < -0.4 is 5.73 Å². The van der Waals surface area contributed by atoms with E-state index < -0.39 is 0 Å². The zero-order chi connectivity index (χ0) is 13.2. The van der Waals surface area contributed by atoms with E-state index in [4.69, 9.17) is 5.73 Å². The molecule has 0 unspecified atom stereocenters. The second kappa shape index (κ2) is 5.60. The van der Waals surface area contributed by atoms with Gasteiger partial charge in [-0.15, -0.1) is 0 Å². The van der Waals surface area contributed by atoms with E-state index in [1.807, 2.05) is 0 Å². The van der Waals surface area contributed by atoms with Crippen molar-refractivity contribution >= 4 is 5.91 Å². The van der Waals surface area contributed by atoms with Crippen molar-refractivity contribution in [3.8, 4) is 0 Å². The van der Waals surface area contributed by atoms with Crippen LogP contribution in [0.5, 0.6) is 0 Å².